The van der Waals surface area contributed by atoms with Gasteiger partial charge in [0.05, 0.1) is 7.11 Å². The molecule has 0 fully saturated rings. The number of hydrogen-bond donors (Lipinski definition) is 2. The highest BCUT2D eigenvalue weighted by Crippen LogP contribution is 2.16. The van der Waals surface area contributed by atoms with E-state index in [1.54, 1.807) is 31.4 Å². The van der Waals surface area contributed by atoms with E-state index in [1.165, 1.54) is 0 Å². The van der Waals surface area contributed by atoms with E-state index in [2.05, 4.69) is 24.5 Å². The molecule has 0 aliphatic rings. The molecule has 0 radical (unpaired) electrons. The lowest BCUT2D eigenvalue weighted by Gasteiger charge is -2.10. The molecule has 0 heterocycles. The number of anilines is 2. The van der Waals surface area contributed by atoms with Crippen molar-refractivity contribution < 1.29 is 9.53 Å². The molecule has 2 aromatic rings. The van der Waals surface area contributed by atoms with Gasteiger partial charge in [0.25, 0.3) is 5.91 Å². The minimum Gasteiger partial charge on any atom is -0.497 e. The monoisotopic (exact) mass is 312 g/mol. The van der Waals surface area contributed by atoms with Gasteiger partial charge in [-0.15, -0.1) is 0 Å². The number of hydrogen-bond acceptors (Lipinski definition) is 3. The van der Waals surface area contributed by atoms with Gasteiger partial charge < -0.3 is 15.4 Å². The molecule has 4 heteroatoms. The van der Waals surface area contributed by atoms with Crippen LogP contribution in [0.1, 0.15) is 30.6 Å². The van der Waals surface area contributed by atoms with E-state index in [4.69, 9.17) is 4.74 Å². The van der Waals surface area contributed by atoms with Crippen LogP contribution in [0.4, 0.5) is 11.4 Å². The average molecular weight is 312 g/mol. The van der Waals surface area contributed by atoms with E-state index >= 15 is 0 Å². The number of benzene rings is 2. The first-order valence-corrected chi connectivity index (χ1v) is 7.88. The van der Waals surface area contributed by atoms with Crippen molar-refractivity contribution in [3.05, 3.63) is 54.1 Å². The summed E-state index contributed by atoms with van der Waals surface area (Å²) in [4.78, 5) is 12.2. The van der Waals surface area contributed by atoms with Crippen LogP contribution in [0.15, 0.2) is 48.5 Å². The minimum atomic E-state index is -0.131. The number of nitrogens with one attached hydrogen (secondary N) is 2. The highest BCUT2D eigenvalue weighted by molar-refractivity contribution is 6.04. The molecular formula is C19H24N2O2. The molecule has 0 atom stereocenters. The SMILES string of the molecule is COc1ccc(C(=O)Nc2ccc(NCCC(C)C)cc2)cc1. The van der Waals surface area contributed by atoms with Crippen molar-refractivity contribution in [2.24, 2.45) is 5.92 Å². The Kier molecular flexibility index (Phi) is 6.03. The van der Waals surface area contributed by atoms with Crippen molar-refractivity contribution in [1.29, 1.82) is 0 Å². The fraction of sp³-hybridized carbons (Fsp3) is 0.316. The molecular weight excluding hydrogens is 288 g/mol. The standard InChI is InChI=1S/C19H24N2O2/c1-14(2)12-13-20-16-6-8-17(9-7-16)21-19(22)15-4-10-18(23-3)11-5-15/h4-11,14,20H,12-13H2,1-3H3,(H,21,22). The van der Waals surface area contributed by atoms with Crippen LogP contribution >= 0.6 is 0 Å². The molecule has 0 saturated heterocycles. The van der Waals surface area contributed by atoms with Crippen LogP contribution in [0, 0.1) is 5.92 Å². The summed E-state index contributed by atoms with van der Waals surface area (Å²) in [5.74, 6) is 1.29. The lowest BCUT2D eigenvalue weighted by molar-refractivity contribution is 0.102. The van der Waals surface area contributed by atoms with Crippen LogP contribution in [0.25, 0.3) is 0 Å². The summed E-state index contributed by atoms with van der Waals surface area (Å²) in [5, 5.41) is 6.26. The van der Waals surface area contributed by atoms with Gasteiger partial charge in [-0.25, -0.2) is 0 Å². The molecule has 0 bridgehead atoms. The Hall–Kier alpha value is -2.49. The zero-order chi connectivity index (χ0) is 16.7. The average Bonchev–Trinajstić information content (AvgIpc) is 2.56. The maximum atomic E-state index is 12.2. The van der Waals surface area contributed by atoms with Crippen molar-refractivity contribution in [2.75, 3.05) is 24.3 Å². The highest BCUT2D eigenvalue weighted by Gasteiger charge is 2.06. The third kappa shape index (κ3) is 5.33. The normalized spacial score (nSPS) is 10.4. The molecule has 0 aliphatic carbocycles. The Balaban J connectivity index is 1.90. The molecule has 0 spiro atoms. The predicted molar refractivity (Wildman–Crippen MR) is 95.3 cm³/mol. The van der Waals surface area contributed by atoms with Gasteiger partial charge in [0, 0.05) is 23.5 Å². The fourth-order valence-electron chi connectivity index (χ4n) is 2.12. The molecule has 122 valence electrons. The lowest BCUT2D eigenvalue weighted by Crippen LogP contribution is -2.11. The first kappa shape index (κ1) is 16.9. The Bertz CT molecular complexity index is 619. The van der Waals surface area contributed by atoms with Gasteiger partial charge in [0.1, 0.15) is 5.75 Å². The van der Waals surface area contributed by atoms with Crippen LogP contribution in [0.5, 0.6) is 5.75 Å². The molecule has 0 unspecified atom stereocenters. The third-order valence-corrected chi connectivity index (χ3v) is 3.55. The van der Waals surface area contributed by atoms with Crippen LogP contribution < -0.4 is 15.4 Å². The van der Waals surface area contributed by atoms with Crippen LogP contribution in [0.2, 0.25) is 0 Å². The van der Waals surface area contributed by atoms with Gasteiger partial charge >= 0.3 is 0 Å². The second-order valence-electron chi connectivity index (χ2n) is 5.87. The van der Waals surface area contributed by atoms with Crippen molar-refractivity contribution in [2.45, 2.75) is 20.3 Å². The van der Waals surface area contributed by atoms with Gasteiger partial charge in [-0.3, -0.25) is 4.79 Å². The van der Waals surface area contributed by atoms with Crippen molar-refractivity contribution >= 4 is 17.3 Å². The Labute approximate surface area is 137 Å². The Morgan fingerprint density at radius 2 is 1.61 bits per heavy atom. The van der Waals surface area contributed by atoms with Gasteiger partial charge in [0.15, 0.2) is 0 Å². The Morgan fingerprint density at radius 3 is 2.17 bits per heavy atom. The summed E-state index contributed by atoms with van der Waals surface area (Å²) in [6.45, 7) is 5.37. The van der Waals surface area contributed by atoms with E-state index in [1.807, 2.05) is 24.3 Å². The quantitative estimate of drug-likeness (QED) is 0.796. The van der Waals surface area contributed by atoms with Crippen molar-refractivity contribution in [3.8, 4) is 5.75 Å². The largest absolute Gasteiger partial charge is 0.497 e. The van der Waals surface area contributed by atoms with E-state index in [9.17, 15) is 4.79 Å². The van der Waals surface area contributed by atoms with E-state index < -0.39 is 0 Å². The summed E-state index contributed by atoms with van der Waals surface area (Å²) < 4.78 is 5.09. The van der Waals surface area contributed by atoms with E-state index in [0.717, 1.165) is 30.1 Å². The van der Waals surface area contributed by atoms with Gasteiger partial charge in [0.2, 0.25) is 0 Å². The molecule has 1 amide bonds. The summed E-state index contributed by atoms with van der Waals surface area (Å²) in [6.07, 6.45) is 1.13. The van der Waals surface area contributed by atoms with Crippen molar-refractivity contribution in [1.82, 2.24) is 0 Å². The van der Waals surface area contributed by atoms with Crippen molar-refractivity contribution in [3.63, 3.8) is 0 Å². The first-order valence-electron chi connectivity index (χ1n) is 7.88. The molecule has 2 aromatic carbocycles. The zero-order valence-corrected chi connectivity index (χ0v) is 13.9. The summed E-state index contributed by atoms with van der Waals surface area (Å²) in [7, 11) is 1.60. The summed E-state index contributed by atoms with van der Waals surface area (Å²) in [6, 6.07) is 14.8. The summed E-state index contributed by atoms with van der Waals surface area (Å²) >= 11 is 0. The fourth-order valence-corrected chi connectivity index (χ4v) is 2.12. The maximum absolute atomic E-state index is 12.2. The van der Waals surface area contributed by atoms with Crippen LogP contribution in [0.3, 0.4) is 0 Å². The van der Waals surface area contributed by atoms with E-state index in [-0.39, 0.29) is 5.91 Å². The molecule has 4 nitrogen and oxygen atoms in total. The second kappa shape index (κ2) is 8.22. The third-order valence-electron chi connectivity index (χ3n) is 3.55. The number of carbonyl (C=O) groups excluding carboxylic acids is 1. The number of ether oxygens (including phenoxy) is 1. The molecule has 0 saturated carbocycles. The molecule has 0 aromatic heterocycles. The second-order valence-corrected chi connectivity index (χ2v) is 5.87. The summed E-state index contributed by atoms with van der Waals surface area (Å²) in [5.41, 5.74) is 2.44. The maximum Gasteiger partial charge on any atom is 0.255 e. The molecule has 0 aliphatic heterocycles. The number of amides is 1. The Morgan fingerprint density at radius 1 is 1.00 bits per heavy atom. The number of carbonyl (C=O) groups is 1. The van der Waals surface area contributed by atoms with E-state index in [0.29, 0.717) is 11.5 Å². The smallest absolute Gasteiger partial charge is 0.255 e. The molecule has 2 rings (SSSR count). The lowest BCUT2D eigenvalue weighted by atomic mass is 10.1. The first-order chi connectivity index (χ1) is 11.1. The highest BCUT2D eigenvalue weighted by atomic mass is 16.5. The van der Waals surface area contributed by atoms with Gasteiger partial charge in [-0.2, -0.15) is 0 Å². The van der Waals surface area contributed by atoms with Crippen LogP contribution in [-0.4, -0.2) is 19.6 Å². The van der Waals surface area contributed by atoms with Gasteiger partial charge in [-0.1, -0.05) is 13.8 Å². The predicted octanol–water partition coefficient (Wildman–Crippen LogP) is 4.41. The molecule has 2 N–H and O–H groups in total. The minimum absolute atomic E-state index is 0.131. The van der Waals surface area contributed by atoms with Gasteiger partial charge in [-0.05, 0) is 60.9 Å². The number of methoxy groups -OCH3 is 1. The topological polar surface area (TPSA) is 50.4 Å². The zero-order valence-electron chi connectivity index (χ0n) is 13.9. The molecule has 23 heavy (non-hydrogen) atoms. The van der Waals surface area contributed by atoms with Crippen LogP contribution in [-0.2, 0) is 0 Å². The number of rotatable bonds is 7.